The fourth-order valence-corrected chi connectivity index (χ4v) is 6.26. The molecule has 0 aliphatic heterocycles. The van der Waals surface area contributed by atoms with Crippen molar-refractivity contribution in [2.75, 3.05) is 0 Å². The Labute approximate surface area is 289 Å². The largest absolute Gasteiger partial charge is 0.467 e. The molecular formula is C38H42IrN4OSi-2. The van der Waals surface area contributed by atoms with Gasteiger partial charge in [-0.2, -0.15) is 0 Å². The summed E-state index contributed by atoms with van der Waals surface area (Å²) in [5.74, 6) is -0.0993. The van der Waals surface area contributed by atoms with E-state index in [2.05, 4.69) is 79.8 Å². The van der Waals surface area contributed by atoms with Crippen LogP contribution in [0, 0.1) is 25.0 Å². The minimum absolute atomic E-state index is 0. The molecule has 0 bridgehead atoms. The number of hydrogen-bond acceptors (Lipinski definition) is 5. The van der Waals surface area contributed by atoms with E-state index >= 15 is 0 Å². The topological polar surface area (TPSA) is 64.7 Å². The van der Waals surface area contributed by atoms with Crippen molar-refractivity contribution in [1.29, 1.82) is 0 Å². The molecule has 0 spiro atoms. The first kappa shape index (κ1) is 27.8. The van der Waals surface area contributed by atoms with Crippen molar-refractivity contribution >= 4 is 35.5 Å². The van der Waals surface area contributed by atoms with Gasteiger partial charge in [0.1, 0.15) is 5.71 Å². The summed E-state index contributed by atoms with van der Waals surface area (Å²) in [5, 5.41) is 2.57. The molecule has 0 aliphatic carbocycles. The Morgan fingerprint density at radius 2 is 1.73 bits per heavy atom. The molecule has 0 amide bonds. The first-order valence-corrected chi connectivity index (χ1v) is 18.3. The Kier molecular flexibility index (Phi) is 8.55. The molecule has 235 valence electrons. The van der Waals surface area contributed by atoms with Crippen molar-refractivity contribution in [2.24, 2.45) is 5.92 Å². The van der Waals surface area contributed by atoms with Crippen LogP contribution in [0.15, 0.2) is 77.5 Å². The molecule has 0 aliphatic rings. The Bertz CT molecular complexity index is 2100. The maximum atomic E-state index is 8.69. The Morgan fingerprint density at radius 3 is 2.40 bits per heavy atom. The molecule has 6 rings (SSSR count). The summed E-state index contributed by atoms with van der Waals surface area (Å²) >= 11 is 0. The van der Waals surface area contributed by atoms with Gasteiger partial charge in [-0.1, -0.05) is 78.0 Å². The summed E-state index contributed by atoms with van der Waals surface area (Å²) in [6.07, 6.45) is 5.12. The van der Waals surface area contributed by atoms with Gasteiger partial charge in [-0.15, -0.1) is 47.0 Å². The van der Waals surface area contributed by atoms with Crippen molar-refractivity contribution in [3.05, 3.63) is 102 Å². The fourth-order valence-electron chi connectivity index (χ4n) is 4.86. The van der Waals surface area contributed by atoms with Crippen LogP contribution in [0.3, 0.4) is 0 Å². The predicted molar refractivity (Wildman–Crippen MR) is 185 cm³/mol. The molecule has 45 heavy (non-hydrogen) atoms. The molecule has 0 unspecified atom stereocenters. The molecule has 5 nitrogen and oxygen atoms in total. The number of aromatic nitrogens is 4. The molecule has 0 saturated carbocycles. The minimum atomic E-state index is -2.27. The standard InChI is InChI=1S/C22H32NSi.C16H10N3O.Ir/c1-16(2)12-18-14-20(23-15-21(18)24(6,7)8)17-10-9-11-19(13-17)22(3,4)5;1-10-5-6-12-13-8-11(14-4-2-3-7-17-14)9-18-15(13)20-16(12)19-10;/h9,11,13-16H,12H2,1-8H3;2-8H,1H3;/q2*-1;/i12D2;1D3;. The van der Waals surface area contributed by atoms with E-state index in [4.69, 9.17) is 16.3 Å². The summed E-state index contributed by atoms with van der Waals surface area (Å²) < 4.78 is 45.2. The van der Waals surface area contributed by atoms with E-state index in [1.165, 1.54) is 11.6 Å². The number of fused-ring (bicyclic) bond motifs is 3. The van der Waals surface area contributed by atoms with Gasteiger partial charge in [-0.3, -0.25) is 0 Å². The number of aryl methyl sites for hydroxylation is 1. The molecular weight excluding hydrogens is 749 g/mol. The van der Waals surface area contributed by atoms with Crippen LogP contribution >= 0.6 is 0 Å². The molecule has 6 aromatic rings. The van der Waals surface area contributed by atoms with Crippen molar-refractivity contribution in [2.45, 2.75) is 72.9 Å². The fraction of sp³-hybridized carbons (Fsp3) is 0.316. The zero-order valence-corrected chi connectivity index (χ0v) is 30.4. The smallest absolute Gasteiger partial charge is 0.217 e. The molecule has 0 fully saturated rings. The van der Waals surface area contributed by atoms with Gasteiger partial charge in [0, 0.05) is 50.4 Å². The number of rotatable bonds is 5. The van der Waals surface area contributed by atoms with Crippen molar-refractivity contribution in [3.63, 3.8) is 0 Å². The normalized spacial score (nSPS) is 14.0. The van der Waals surface area contributed by atoms with Gasteiger partial charge < -0.3 is 19.4 Å². The van der Waals surface area contributed by atoms with Crippen molar-refractivity contribution < 1.29 is 31.4 Å². The molecule has 0 saturated heterocycles. The van der Waals surface area contributed by atoms with Crippen LogP contribution in [0.25, 0.3) is 44.7 Å². The van der Waals surface area contributed by atoms with E-state index in [9.17, 15) is 0 Å². The summed E-state index contributed by atoms with van der Waals surface area (Å²) in [5.41, 5.74) is 5.93. The number of hydrogen-bond donors (Lipinski definition) is 0. The quantitative estimate of drug-likeness (QED) is 0.129. The molecule has 0 atom stereocenters. The zero-order valence-electron chi connectivity index (χ0n) is 32.0. The van der Waals surface area contributed by atoms with Gasteiger partial charge in [0.15, 0.2) is 0 Å². The minimum Gasteiger partial charge on any atom is -0.467 e. The second-order valence-electron chi connectivity index (χ2n) is 13.3. The summed E-state index contributed by atoms with van der Waals surface area (Å²) in [6.45, 7) is 14.9. The average molecular weight is 796 g/mol. The van der Waals surface area contributed by atoms with Gasteiger partial charge in [-0.25, -0.2) is 4.98 Å². The Hall–Kier alpha value is -3.51. The second-order valence-corrected chi connectivity index (χ2v) is 18.3. The molecule has 5 heterocycles. The third-order valence-electron chi connectivity index (χ3n) is 7.18. The zero-order chi connectivity index (χ0) is 35.9. The maximum Gasteiger partial charge on any atom is 0.217 e. The molecule has 7 heteroatoms. The van der Waals surface area contributed by atoms with Crippen LogP contribution in [0.4, 0.5) is 0 Å². The Balaban J connectivity index is 0.000000221. The third kappa shape index (κ3) is 8.21. The van der Waals surface area contributed by atoms with E-state index in [0.717, 1.165) is 38.7 Å². The SMILES string of the molecule is [2H]C([2H])([2H])c1ccc2c(n1)oc1n[c-]c(-c3ccccn3)cc12.[2H]C([2H])(c1cc(-c2[c-]ccc(C(C)(C)C)c2)ncc1[Si](C)(C)C)C(C)C.[Ir]. The Morgan fingerprint density at radius 1 is 0.933 bits per heavy atom. The van der Waals surface area contributed by atoms with Crippen LogP contribution in [-0.4, -0.2) is 28.0 Å². The van der Waals surface area contributed by atoms with Crippen LogP contribution in [0.5, 0.6) is 0 Å². The second kappa shape index (κ2) is 13.9. The third-order valence-corrected chi connectivity index (χ3v) is 9.20. The summed E-state index contributed by atoms with van der Waals surface area (Å²) in [4.78, 5) is 17.2. The van der Waals surface area contributed by atoms with Gasteiger partial charge in [0.25, 0.3) is 0 Å². The van der Waals surface area contributed by atoms with Crippen LogP contribution in [0.2, 0.25) is 19.6 Å². The number of nitrogens with zero attached hydrogens (tertiary/aromatic N) is 4. The van der Waals surface area contributed by atoms with E-state index < -0.39 is 21.3 Å². The molecule has 0 N–H and O–H groups in total. The van der Waals surface area contributed by atoms with Crippen molar-refractivity contribution in [3.8, 4) is 22.5 Å². The average Bonchev–Trinajstić information content (AvgIpc) is 3.41. The summed E-state index contributed by atoms with van der Waals surface area (Å²) in [6, 6.07) is 22.1. The van der Waals surface area contributed by atoms with Crippen LogP contribution in [-0.2, 0) is 31.9 Å². The number of benzene rings is 1. The number of furan rings is 1. The van der Waals surface area contributed by atoms with E-state index in [0.29, 0.717) is 11.1 Å². The van der Waals surface area contributed by atoms with Gasteiger partial charge in [-0.05, 0) is 70.9 Å². The van der Waals surface area contributed by atoms with Crippen LogP contribution < -0.4 is 5.19 Å². The first-order chi connectivity index (χ1) is 22.8. The number of pyridine rings is 4. The molecule has 1 aromatic carbocycles. The van der Waals surface area contributed by atoms with E-state index in [-0.39, 0.29) is 42.8 Å². The monoisotopic (exact) mass is 796 g/mol. The maximum absolute atomic E-state index is 8.69. The van der Waals surface area contributed by atoms with Crippen molar-refractivity contribution in [1.82, 2.24) is 19.9 Å². The van der Waals surface area contributed by atoms with Gasteiger partial charge in [0.2, 0.25) is 5.71 Å². The molecule has 5 aromatic heterocycles. The van der Waals surface area contributed by atoms with Gasteiger partial charge >= 0.3 is 0 Å². The molecule has 1 radical (unpaired) electrons. The van der Waals surface area contributed by atoms with Gasteiger partial charge in [0.05, 0.1) is 8.07 Å². The van der Waals surface area contributed by atoms with E-state index in [1.54, 1.807) is 12.3 Å². The van der Waals surface area contributed by atoms with E-state index in [1.807, 2.05) is 56.4 Å². The predicted octanol–water partition coefficient (Wildman–Crippen LogP) is 9.13. The first-order valence-electron chi connectivity index (χ1n) is 17.3. The summed E-state index contributed by atoms with van der Waals surface area (Å²) in [7, 11) is -1.71. The van der Waals surface area contributed by atoms with Crippen LogP contribution in [0.1, 0.15) is 58.3 Å².